The van der Waals surface area contributed by atoms with Gasteiger partial charge in [0.1, 0.15) is 4.90 Å². The largest absolute Gasteiger partial charge is 0.381 e. The predicted octanol–water partition coefficient (Wildman–Crippen LogP) is 0.0733. The number of nitrogens with zero attached hydrogens (tertiary/aromatic N) is 3. The molecule has 0 aliphatic carbocycles. The third-order valence-electron chi connectivity index (χ3n) is 3.85. The molecular weight excluding hydrogens is 278 g/mol. The number of hydrogen-bond donors (Lipinski definition) is 2. The van der Waals surface area contributed by atoms with Crippen LogP contribution in [0, 0.1) is 6.92 Å². The Morgan fingerprint density at radius 3 is 2.75 bits per heavy atom. The zero-order chi connectivity index (χ0) is 14.9. The van der Waals surface area contributed by atoms with Crippen molar-refractivity contribution < 1.29 is 8.42 Å². The number of likely N-dealkylation sites (tertiary alicyclic amines) is 1. The molecule has 114 valence electrons. The zero-order valence-corrected chi connectivity index (χ0v) is 13.1. The SMILES string of the molecule is CCN1CCCC(NS(=O)(=O)c2c(N)nn(C)c2C)C1. The van der Waals surface area contributed by atoms with Crippen LogP contribution in [0.3, 0.4) is 0 Å². The van der Waals surface area contributed by atoms with Gasteiger partial charge >= 0.3 is 0 Å². The van der Waals surface area contributed by atoms with E-state index >= 15 is 0 Å². The summed E-state index contributed by atoms with van der Waals surface area (Å²) < 4.78 is 29.2. The van der Waals surface area contributed by atoms with Gasteiger partial charge in [-0.2, -0.15) is 5.10 Å². The standard InChI is InChI=1S/C12H23N5O2S/c1-4-17-7-5-6-10(8-17)15-20(18,19)11-9(2)16(3)14-12(11)13/h10,15H,4-8H2,1-3H3,(H2,13,14). The van der Waals surface area contributed by atoms with Gasteiger partial charge in [-0.15, -0.1) is 0 Å². The molecule has 3 N–H and O–H groups in total. The van der Waals surface area contributed by atoms with E-state index in [0.29, 0.717) is 5.69 Å². The van der Waals surface area contributed by atoms with Crippen LogP contribution < -0.4 is 10.5 Å². The first-order valence-electron chi connectivity index (χ1n) is 6.89. The van der Waals surface area contributed by atoms with Gasteiger partial charge in [-0.3, -0.25) is 4.68 Å². The molecular formula is C12H23N5O2S. The molecule has 1 saturated heterocycles. The van der Waals surface area contributed by atoms with Gasteiger partial charge in [0.2, 0.25) is 10.0 Å². The lowest BCUT2D eigenvalue weighted by Crippen LogP contribution is -2.47. The number of piperidine rings is 1. The van der Waals surface area contributed by atoms with Crippen LogP contribution >= 0.6 is 0 Å². The normalized spacial score (nSPS) is 21.2. The highest BCUT2D eigenvalue weighted by Crippen LogP contribution is 2.22. The Morgan fingerprint density at radius 2 is 2.20 bits per heavy atom. The van der Waals surface area contributed by atoms with E-state index < -0.39 is 10.0 Å². The molecule has 8 heteroatoms. The van der Waals surface area contributed by atoms with Gasteiger partial charge in [-0.25, -0.2) is 13.1 Å². The number of aromatic nitrogens is 2. The summed E-state index contributed by atoms with van der Waals surface area (Å²) in [5, 5.41) is 3.97. The smallest absolute Gasteiger partial charge is 0.246 e. The third-order valence-corrected chi connectivity index (χ3v) is 5.53. The fourth-order valence-corrected chi connectivity index (χ4v) is 4.25. The number of sulfonamides is 1. The van der Waals surface area contributed by atoms with Crippen LogP contribution in [0.25, 0.3) is 0 Å². The second-order valence-electron chi connectivity index (χ2n) is 5.28. The topological polar surface area (TPSA) is 93.2 Å². The van der Waals surface area contributed by atoms with Crippen LogP contribution in [-0.4, -0.2) is 48.8 Å². The van der Waals surface area contributed by atoms with Crippen LogP contribution in [-0.2, 0) is 17.1 Å². The Balaban J connectivity index is 2.19. The van der Waals surface area contributed by atoms with Gasteiger partial charge in [0.25, 0.3) is 0 Å². The summed E-state index contributed by atoms with van der Waals surface area (Å²) in [4.78, 5) is 2.35. The van der Waals surface area contributed by atoms with E-state index in [9.17, 15) is 8.42 Å². The molecule has 1 unspecified atom stereocenters. The highest BCUT2D eigenvalue weighted by Gasteiger charge is 2.29. The summed E-state index contributed by atoms with van der Waals surface area (Å²) in [5.41, 5.74) is 6.28. The molecule has 7 nitrogen and oxygen atoms in total. The number of rotatable bonds is 4. The maximum Gasteiger partial charge on any atom is 0.246 e. The lowest BCUT2D eigenvalue weighted by molar-refractivity contribution is 0.211. The molecule has 0 radical (unpaired) electrons. The van der Waals surface area contributed by atoms with Crippen molar-refractivity contribution in [1.29, 1.82) is 0 Å². The van der Waals surface area contributed by atoms with E-state index in [1.54, 1.807) is 14.0 Å². The van der Waals surface area contributed by atoms with E-state index in [4.69, 9.17) is 5.73 Å². The predicted molar refractivity (Wildman–Crippen MR) is 77.8 cm³/mol. The van der Waals surface area contributed by atoms with Crippen LogP contribution in [0.15, 0.2) is 4.90 Å². The van der Waals surface area contributed by atoms with Gasteiger partial charge in [-0.1, -0.05) is 6.92 Å². The van der Waals surface area contributed by atoms with Gasteiger partial charge in [0.15, 0.2) is 5.82 Å². The van der Waals surface area contributed by atoms with Crippen molar-refractivity contribution in [3.05, 3.63) is 5.69 Å². The van der Waals surface area contributed by atoms with E-state index in [0.717, 1.165) is 32.5 Å². The first-order valence-corrected chi connectivity index (χ1v) is 8.37. The summed E-state index contributed by atoms with van der Waals surface area (Å²) in [6, 6.07) is -0.0623. The van der Waals surface area contributed by atoms with E-state index in [2.05, 4.69) is 21.6 Å². The second-order valence-corrected chi connectivity index (χ2v) is 6.93. The molecule has 20 heavy (non-hydrogen) atoms. The summed E-state index contributed by atoms with van der Waals surface area (Å²) in [7, 11) is -1.93. The molecule has 2 heterocycles. The monoisotopic (exact) mass is 301 g/mol. The maximum atomic E-state index is 12.5. The molecule has 1 aromatic heterocycles. The molecule has 1 fully saturated rings. The Labute approximate surface area is 120 Å². The second kappa shape index (κ2) is 5.71. The molecule has 0 amide bonds. The number of nitrogens with two attached hydrogens (primary N) is 1. The third kappa shape index (κ3) is 2.97. The average molecular weight is 301 g/mol. The quantitative estimate of drug-likeness (QED) is 0.821. The average Bonchev–Trinajstić information content (AvgIpc) is 2.63. The highest BCUT2D eigenvalue weighted by molar-refractivity contribution is 7.89. The molecule has 0 bridgehead atoms. The number of likely N-dealkylation sites (N-methyl/N-ethyl adjacent to an activating group) is 1. The van der Waals surface area contributed by atoms with E-state index in [1.165, 1.54) is 4.68 Å². The van der Waals surface area contributed by atoms with E-state index in [1.807, 2.05) is 0 Å². The van der Waals surface area contributed by atoms with E-state index in [-0.39, 0.29) is 16.8 Å². The Hall–Kier alpha value is -1.12. The lowest BCUT2D eigenvalue weighted by Gasteiger charge is -2.32. The minimum Gasteiger partial charge on any atom is -0.381 e. The Morgan fingerprint density at radius 1 is 1.50 bits per heavy atom. The molecule has 1 aliphatic heterocycles. The maximum absolute atomic E-state index is 12.5. The van der Waals surface area contributed by atoms with Gasteiger partial charge in [-0.05, 0) is 32.9 Å². The fourth-order valence-electron chi connectivity index (χ4n) is 2.66. The molecule has 2 rings (SSSR count). The Bertz CT molecular complexity index is 581. The lowest BCUT2D eigenvalue weighted by atomic mass is 10.1. The van der Waals surface area contributed by atoms with Crippen LogP contribution in [0.2, 0.25) is 0 Å². The fraction of sp³-hybridized carbons (Fsp3) is 0.750. The van der Waals surface area contributed by atoms with Gasteiger partial charge in [0, 0.05) is 19.6 Å². The number of aryl methyl sites for hydroxylation is 1. The summed E-state index contributed by atoms with van der Waals surface area (Å²) in [6.45, 7) is 6.50. The summed E-state index contributed by atoms with van der Waals surface area (Å²) in [6.07, 6.45) is 1.86. The minimum atomic E-state index is -3.62. The number of hydrogen-bond acceptors (Lipinski definition) is 5. The van der Waals surface area contributed by atoms with Gasteiger partial charge < -0.3 is 10.6 Å². The number of nitrogen functional groups attached to an aromatic ring is 1. The summed E-state index contributed by atoms with van der Waals surface area (Å²) >= 11 is 0. The van der Waals surface area contributed by atoms with Crippen LogP contribution in [0.1, 0.15) is 25.5 Å². The molecule has 1 atom stereocenters. The molecule has 0 saturated carbocycles. The number of anilines is 1. The van der Waals surface area contributed by atoms with Crippen molar-refractivity contribution >= 4 is 15.8 Å². The molecule has 0 spiro atoms. The zero-order valence-electron chi connectivity index (χ0n) is 12.3. The van der Waals surface area contributed by atoms with Crippen molar-refractivity contribution in [3.8, 4) is 0 Å². The van der Waals surface area contributed by atoms with Crippen molar-refractivity contribution in [3.63, 3.8) is 0 Å². The van der Waals surface area contributed by atoms with Crippen LogP contribution in [0.4, 0.5) is 5.82 Å². The first-order chi connectivity index (χ1) is 9.35. The Kier molecular flexibility index (Phi) is 4.36. The molecule has 1 aromatic rings. The van der Waals surface area contributed by atoms with Crippen molar-refractivity contribution in [2.24, 2.45) is 7.05 Å². The van der Waals surface area contributed by atoms with Crippen LogP contribution in [0.5, 0.6) is 0 Å². The van der Waals surface area contributed by atoms with Crippen molar-refractivity contribution in [1.82, 2.24) is 19.4 Å². The van der Waals surface area contributed by atoms with Crippen molar-refractivity contribution in [2.75, 3.05) is 25.4 Å². The molecule has 1 aliphatic rings. The first kappa shape index (κ1) is 15.3. The molecule has 0 aromatic carbocycles. The highest BCUT2D eigenvalue weighted by atomic mass is 32.2. The van der Waals surface area contributed by atoms with Gasteiger partial charge in [0.05, 0.1) is 5.69 Å². The summed E-state index contributed by atoms with van der Waals surface area (Å²) in [5.74, 6) is 0.0562. The number of nitrogens with one attached hydrogen (secondary N) is 1. The minimum absolute atomic E-state index is 0.0562. The van der Waals surface area contributed by atoms with Crippen molar-refractivity contribution in [2.45, 2.75) is 37.6 Å².